The van der Waals surface area contributed by atoms with Gasteiger partial charge in [0.15, 0.2) is 6.29 Å². The van der Waals surface area contributed by atoms with Crippen LogP contribution in [0.5, 0.6) is 5.75 Å². The molecule has 0 bridgehead atoms. The molecule has 0 saturated heterocycles. The van der Waals surface area contributed by atoms with E-state index in [1.165, 1.54) is 14.2 Å². The maximum Gasteiger partial charge on any atom is 0.255 e. The maximum atomic E-state index is 13.0. The fourth-order valence-electron chi connectivity index (χ4n) is 1.55. The smallest absolute Gasteiger partial charge is 0.255 e. The number of ether oxygens (including phenoxy) is 2. The van der Waals surface area contributed by atoms with Crippen molar-refractivity contribution in [3.05, 3.63) is 29.6 Å². The number of rotatable bonds is 5. The van der Waals surface area contributed by atoms with Gasteiger partial charge in [-0.25, -0.2) is 4.39 Å². The molecule has 18 heavy (non-hydrogen) atoms. The Morgan fingerprint density at radius 2 is 2.00 bits per heavy atom. The summed E-state index contributed by atoms with van der Waals surface area (Å²) < 4.78 is 23.0. The van der Waals surface area contributed by atoms with Crippen LogP contribution < -0.4 is 5.32 Å². The van der Waals surface area contributed by atoms with E-state index in [1.807, 2.05) is 0 Å². The second-order valence-corrected chi connectivity index (χ2v) is 3.76. The number of carbonyl (C=O) groups excluding carboxylic acids is 1. The third kappa shape index (κ3) is 3.41. The molecule has 1 rings (SSSR count). The monoisotopic (exact) mass is 257 g/mol. The highest BCUT2D eigenvalue weighted by Gasteiger charge is 2.20. The van der Waals surface area contributed by atoms with E-state index in [2.05, 4.69) is 5.32 Å². The van der Waals surface area contributed by atoms with Gasteiger partial charge in [0.25, 0.3) is 5.91 Å². The fraction of sp³-hybridized carbons (Fsp3) is 0.417. The van der Waals surface area contributed by atoms with E-state index in [-0.39, 0.29) is 11.3 Å². The largest absolute Gasteiger partial charge is 0.507 e. The topological polar surface area (TPSA) is 67.8 Å². The fourth-order valence-corrected chi connectivity index (χ4v) is 1.55. The molecule has 0 aliphatic heterocycles. The highest BCUT2D eigenvalue weighted by molar-refractivity contribution is 5.96. The molecule has 1 amide bonds. The van der Waals surface area contributed by atoms with Gasteiger partial charge in [-0.15, -0.1) is 0 Å². The second-order valence-electron chi connectivity index (χ2n) is 3.76. The number of hydrogen-bond acceptors (Lipinski definition) is 4. The summed E-state index contributed by atoms with van der Waals surface area (Å²) in [7, 11) is 2.88. The first-order chi connectivity index (χ1) is 8.49. The predicted octanol–water partition coefficient (Wildman–Crippen LogP) is 1.27. The average Bonchev–Trinajstić information content (AvgIpc) is 2.33. The zero-order chi connectivity index (χ0) is 13.7. The number of halogens is 1. The van der Waals surface area contributed by atoms with Crippen LogP contribution in [-0.2, 0) is 9.47 Å². The lowest BCUT2D eigenvalue weighted by Gasteiger charge is -2.22. The molecule has 0 aliphatic carbocycles. The normalized spacial score (nSPS) is 12.5. The second kappa shape index (κ2) is 6.32. The van der Waals surface area contributed by atoms with Crippen molar-refractivity contribution >= 4 is 5.91 Å². The Morgan fingerprint density at radius 3 is 2.56 bits per heavy atom. The zero-order valence-corrected chi connectivity index (χ0v) is 10.4. The van der Waals surface area contributed by atoms with E-state index in [0.29, 0.717) is 0 Å². The number of benzene rings is 1. The lowest BCUT2D eigenvalue weighted by atomic mass is 10.1. The van der Waals surface area contributed by atoms with Crippen LogP contribution in [0, 0.1) is 5.82 Å². The van der Waals surface area contributed by atoms with Gasteiger partial charge in [-0.1, -0.05) is 0 Å². The van der Waals surface area contributed by atoms with E-state index in [4.69, 9.17) is 9.47 Å². The number of phenolic OH excluding ortho intramolecular Hbond substituents is 1. The molecule has 1 aromatic rings. The summed E-state index contributed by atoms with van der Waals surface area (Å²) in [5, 5.41) is 12.0. The number of aromatic hydroxyl groups is 1. The van der Waals surface area contributed by atoms with Crippen molar-refractivity contribution in [1.82, 2.24) is 5.32 Å². The average molecular weight is 257 g/mol. The minimum absolute atomic E-state index is 0.132. The van der Waals surface area contributed by atoms with Gasteiger partial charge in [-0.3, -0.25) is 4.79 Å². The number of phenols is 1. The molecule has 2 N–H and O–H groups in total. The molecular weight excluding hydrogens is 241 g/mol. The maximum absolute atomic E-state index is 13.0. The Balaban J connectivity index is 2.79. The summed E-state index contributed by atoms with van der Waals surface area (Å²) in [5.74, 6) is -1.48. The molecule has 100 valence electrons. The van der Waals surface area contributed by atoms with E-state index >= 15 is 0 Å². The van der Waals surface area contributed by atoms with E-state index in [0.717, 1.165) is 18.2 Å². The summed E-state index contributed by atoms with van der Waals surface area (Å²) in [5.41, 5.74) is -0.132. The van der Waals surface area contributed by atoms with Crippen LogP contribution in [0.1, 0.15) is 17.3 Å². The van der Waals surface area contributed by atoms with Crippen molar-refractivity contribution in [2.24, 2.45) is 0 Å². The highest BCUT2D eigenvalue weighted by Crippen LogP contribution is 2.18. The number of methoxy groups -OCH3 is 2. The van der Waals surface area contributed by atoms with E-state index in [9.17, 15) is 14.3 Å². The first kappa shape index (κ1) is 14.4. The van der Waals surface area contributed by atoms with Gasteiger partial charge in [-0.2, -0.15) is 0 Å². The van der Waals surface area contributed by atoms with Gasteiger partial charge in [0.1, 0.15) is 11.6 Å². The summed E-state index contributed by atoms with van der Waals surface area (Å²) in [6.45, 7) is 1.67. The van der Waals surface area contributed by atoms with Crippen molar-refractivity contribution in [3.8, 4) is 5.75 Å². The predicted molar refractivity (Wildman–Crippen MR) is 62.8 cm³/mol. The molecule has 0 aromatic heterocycles. The zero-order valence-electron chi connectivity index (χ0n) is 10.4. The van der Waals surface area contributed by atoms with E-state index < -0.39 is 24.1 Å². The van der Waals surface area contributed by atoms with Crippen LogP contribution in [-0.4, -0.2) is 37.6 Å². The molecule has 0 fully saturated rings. The first-order valence-corrected chi connectivity index (χ1v) is 5.34. The lowest BCUT2D eigenvalue weighted by molar-refractivity contribution is -0.117. The number of nitrogens with one attached hydrogen (secondary N) is 1. The molecule has 0 spiro atoms. The third-order valence-corrected chi connectivity index (χ3v) is 2.43. The quantitative estimate of drug-likeness (QED) is 0.779. The number of amides is 1. The summed E-state index contributed by atoms with van der Waals surface area (Å²) >= 11 is 0. The van der Waals surface area contributed by atoms with Crippen LogP contribution in [0.25, 0.3) is 0 Å². The van der Waals surface area contributed by atoms with Gasteiger partial charge in [-0.05, 0) is 25.1 Å². The first-order valence-electron chi connectivity index (χ1n) is 5.34. The SMILES string of the molecule is COC(OC)C(C)NC(=O)c1cc(F)ccc1O. The van der Waals surface area contributed by atoms with Crippen LogP contribution in [0.2, 0.25) is 0 Å². The Labute approximate surface area is 105 Å². The number of carbonyl (C=O) groups is 1. The molecule has 1 unspecified atom stereocenters. The van der Waals surface area contributed by atoms with Crippen molar-refractivity contribution in [3.63, 3.8) is 0 Å². The molecule has 1 atom stereocenters. The highest BCUT2D eigenvalue weighted by atomic mass is 19.1. The van der Waals surface area contributed by atoms with Gasteiger partial charge < -0.3 is 19.9 Å². The van der Waals surface area contributed by atoms with Crippen molar-refractivity contribution < 1.29 is 23.8 Å². The van der Waals surface area contributed by atoms with Crippen molar-refractivity contribution in [1.29, 1.82) is 0 Å². The van der Waals surface area contributed by atoms with Crippen molar-refractivity contribution in [2.45, 2.75) is 19.3 Å². The number of hydrogen-bond donors (Lipinski definition) is 2. The Bertz CT molecular complexity index is 421. The molecular formula is C12H16FNO4. The summed E-state index contributed by atoms with van der Waals surface area (Å²) in [6.07, 6.45) is -0.621. The summed E-state index contributed by atoms with van der Waals surface area (Å²) in [4.78, 5) is 11.8. The van der Waals surface area contributed by atoms with Gasteiger partial charge in [0.05, 0.1) is 11.6 Å². The minimum atomic E-state index is -0.621. The Kier molecular flexibility index (Phi) is 5.06. The van der Waals surface area contributed by atoms with Crippen LogP contribution in [0.4, 0.5) is 4.39 Å². The van der Waals surface area contributed by atoms with Crippen LogP contribution in [0.15, 0.2) is 18.2 Å². The van der Waals surface area contributed by atoms with Crippen molar-refractivity contribution in [2.75, 3.05) is 14.2 Å². The molecule has 0 saturated carbocycles. The molecule has 0 aliphatic rings. The minimum Gasteiger partial charge on any atom is -0.507 e. The molecule has 0 heterocycles. The van der Waals surface area contributed by atoms with Crippen LogP contribution >= 0.6 is 0 Å². The van der Waals surface area contributed by atoms with Gasteiger partial charge in [0, 0.05) is 14.2 Å². The van der Waals surface area contributed by atoms with Gasteiger partial charge in [0.2, 0.25) is 0 Å². The standard InChI is InChI=1S/C12H16FNO4/c1-7(12(17-2)18-3)14-11(16)9-6-8(13)4-5-10(9)15/h4-7,12,15H,1-3H3,(H,14,16). The summed E-state index contributed by atoms with van der Waals surface area (Å²) in [6, 6.07) is 2.71. The third-order valence-electron chi connectivity index (χ3n) is 2.43. The van der Waals surface area contributed by atoms with Crippen LogP contribution in [0.3, 0.4) is 0 Å². The molecule has 0 radical (unpaired) electrons. The molecule has 6 heteroatoms. The Morgan fingerprint density at radius 1 is 1.39 bits per heavy atom. The van der Waals surface area contributed by atoms with Gasteiger partial charge >= 0.3 is 0 Å². The lowest BCUT2D eigenvalue weighted by Crippen LogP contribution is -2.42. The van der Waals surface area contributed by atoms with E-state index in [1.54, 1.807) is 6.92 Å². The molecule has 5 nitrogen and oxygen atoms in total. The molecule has 1 aromatic carbocycles. The Hall–Kier alpha value is -1.66.